The molecule has 0 spiro atoms. The van der Waals surface area contributed by atoms with Crippen molar-refractivity contribution in [1.29, 1.82) is 0 Å². The average Bonchev–Trinajstić information content (AvgIpc) is 2.35. The van der Waals surface area contributed by atoms with Crippen LogP contribution in [0.1, 0.15) is 60.3 Å². The molecule has 0 heterocycles. The molecule has 0 saturated heterocycles. The van der Waals surface area contributed by atoms with E-state index in [4.69, 9.17) is 0 Å². The highest BCUT2D eigenvalue weighted by Gasteiger charge is 2.42. The van der Waals surface area contributed by atoms with Gasteiger partial charge >= 0.3 is 6.18 Å². The molecule has 1 atom stereocenters. The second-order valence-corrected chi connectivity index (χ2v) is 5.87. The lowest BCUT2D eigenvalue weighted by molar-refractivity contribution is -0.163. The SMILES string of the molecule is CCC(C)(CC(F)(F)F)C(=O)/C=C(\O)C(C)(CC)CC. The molecule has 20 heavy (non-hydrogen) atoms. The van der Waals surface area contributed by atoms with Crippen LogP contribution in [0.5, 0.6) is 0 Å². The Morgan fingerprint density at radius 2 is 1.40 bits per heavy atom. The second-order valence-electron chi connectivity index (χ2n) is 5.87. The molecule has 0 saturated carbocycles. The van der Waals surface area contributed by atoms with Crippen molar-refractivity contribution >= 4 is 5.78 Å². The molecule has 0 fully saturated rings. The Kier molecular flexibility index (Phi) is 6.30. The summed E-state index contributed by atoms with van der Waals surface area (Å²) in [5.74, 6) is -0.794. The number of allylic oxidation sites excluding steroid dienone is 2. The third kappa shape index (κ3) is 4.84. The van der Waals surface area contributed by atoms with E-state index in [1.54, 1.807) is 13.8 Å². The van der Waals surface area contributed by atoms with Crippen molar-refractivity contribution in [3.63, 3.8) is 0 Å². The van der Waals surface area contributed by atoms with Crippen LogP contribution in [0.15, 0.2) is 11.8 Å². The van der Waals surface area contributed by atoms with Crippen molar-refractivity contribution in [3.8, 4) is 0 Å². The molecule has 0 rings (SSSR count). The van der Waals surface area contributed by atoms with E-state index in [0.29, 0.717) is 12.8 Å². The zero-order valence-corrected chi connectivity index (χ0v) is 12.9. The Labute approximate surface area is 119 Å². The van der Waals surface area contributed by atoms with Crippen molar-refractivity contribution in [3.05, 3.63) is 11.8 Å². The molecule has 0 aromatic heterocycles. The van der Waals surface area contributed by atoms with Crippen molar-refractivity contribution < 1.29 is 23.1 Å². The number of carbonyl (C=O) groups is 1. The summed E-state index contributed by atoms with van der Waals surface area (Å²) in [4.78, 5) is 12.1. The zero-order chi connectivity index (χ0) is 16.2. The lowest BCUT2D eigenvalue weighted by atomic mass is 9.76. The molecule has 5 heteroatoms. The van der Waals surface area contributed by atoms with Crippen LogP contribution in [0.25, 0.3) is 0 Å². The molecule has 0 bridgehead atoms. The van der Waals surface area contributed by atoms with E-state index in [1.165, 1.54) is 6.92 Å². The van der Waals surface area contributed by atoms with Gasteiger partial charge < -0.3 is 5.11 Å². The number of hydrogen-bond acceptors (Lipinski definition) is 2. The normalized spacial score (nSPS) is 16.9. The number of alkyl halides is 3. The summed E-state index contributed by atoms with van der Waals surface area (Å²) in [6.45, 7) is 8.37. The van der Waals surface area contributed by atoms with Crippen LogP contribution >= 0.6 is 0 Å². The minimum atomic E-state index is -4.40. The monoisotopic (exact) mass is 294 g/mol. The molecule has 118 valence electrons. The Bertz CT molecular complexity index is 368. The Balaban J connectivity index is 5.32. The first-order valence-corrected chi connectivity index (χ1v) is 6.96. The van der Waals surface area contributed by atoms with Gasteiger partial charge in [0.2, 0.25) is 0 Å². The lowest BCUT2D eigenvalue weighted by Crippen LogP contribution is -2.32. The fourth-order valence-corrected chi connectivity index (χ4v) is 1.91. The highest BCUT2D eigenvalue weighted by Crippen LogP contribution is 2.39. The number of ketones is 1. The van der Waals surface area contributed by atoms with E-state index in [2.05, 4.69) is 0 Å². The Hall–Kier alpha value is -1.00. The van der Waals surface area contributed by atoms with Gasteiger partial charge in [-0.15, -0.1) is 0 Å². The second kappa shape index (κ2) is 6.64. The maximum atomic E-state index is 12.6. The molecule has 2 nitrogen and oxygen atoms in total. The van der Waals surface area contributed by atoms with Crippen LogP contribution in [-0.2, 0) is 4.79 Å². The number of rotatable bonds is 7. The summed E-state index contributed by atoms with van der Waals surface area (Å²) < 4.78 is 37.7. The summed E-state index contributed by atoms with van der Waals surface area (Å²) >= 11 is 0. The van der Waals surface area contributed by atoms with Gasteiger partial charge in [0.05, 0.1) is 6.42 Å². The summed E-state index contributed by atoms with van der Waals surface area (Å²) in [6.07, 6.45) is -3.29. The first kappa shape index (κ1) is 19.0. The highest BCUT2D eigenvalue weighted by atomic mass is 19.4. The number of aliphatic hydroxyl groups is 1. The van der Waals surface area contributed by atoms with Crippen LogP contribution in [0, 0.1) is 10.8 Å². The molecule has 0 aliphatic rings. The lowest BCUT2D eigenvalue weighted by Gasteiger charge is -2.29. The molecule has 0 radical (unpaired) electrons. The van der Waals surface area contributed by atoms with Crippen molar-refractivity contribution in [2.24, 2.45) is 10.8 Å². The third-order valence-corrected chi connectivity index (χ3v) is 4.41. The van der Waals surface area contributed by atoms with E-state index in [0.717, 1.165) is 6.08 Å². The molecule has 0 aromatic carbocycles. The molecular formula is C15H25F3O2. The summed E-state index contributed by atoms with van der Waals surface area (Å²) in [6, 6.07) is 0. The first-order valence-electron chi connectivity index (χ1n) is 6.96. The van der Waals surface area contributed by atoms with Gasteiger partial charge in [0.15, 0.2) is 5.78 Å². The minimum absolute atomic E-state index is 0.0735. The van der Waals surface area contributed by atoms with Crippen LogP contribution in [0.3, 0.4) is 0 Å². The van der Waals surface area contributed by atoms with E-state index >= 15 is 0 Å². The molecule has 0 aliphatic heterocycles. The van der Waals surface area contributed by atoms with E-state index in [1.807, 2.05) is 13.8 Å². The van der Waals surface area contributed by atoms with Gasteiger partial charge in [-0.05, 0) is 19.3 Å². The van der Waals surface area contributed by atoms with Crippen molar-refractivity contribution in [2.45, 2.75) is 66.5 Å². The predicted octanol–water partition coefficient (Wildman–Crippen LogP) is 5.19. The Morgan fingerprint density at radius 1 is 1.00 bits per heavy atom. The van der Waals surface area contributed by atoms with Crippen LogP contribution in [0.2, 0.25) is 0 Å². The molecule has 0 aliphatic carbocycles. The van der Waals surface area contributed by atoms with Crippen molar-refractivity contribution in [1.82, 2.24) is 0 Å². The van der Waals surface area contributed by atoms with Crippen LogP contribution < -0.4 is 0 Å². The molecular weight excluding hydrogens is 269 g/mol. The van der Waals surface area contributed by atoms with Gasteiger partial charge in [-0.3, -0.25) is 4.79 Å². The molecule has 1 unspecified atom stereocenters. The number of carbonyl (C=O) groups excluding carboxylic acids is 1. The number of halogens is 3. The topological polar surface area (TPSA) is 37.3 Å². The molecule has 1 N–H and O–H groups in total. The fraction of sp³-hybridized carbons (Fsp3) is 0.800. The molecule has 0 aromatic rings. The first-order chi connectivity index (χ1) is 8.94. The van der Waals surface area contributed by atoms with Gasteiger partial charge in [-0.25, -0.2) is 0 Å². The zero-order valence-electron chi connectivity index (χ0n) is 12.9. The van der Waals surface area contributed by atoms with E-state index < -0.39 is 29.2 Å². The smallest absolute Gasteiger partial charge is 0.390 e. The van der Waals surface area contributed by atoms with Crippen LogP contribution in [0.4, 0.5) is 13.2 Å². The number of hydrogen-bond donors (Lipinski definition) is 1. The van der Waals surface area contributed by atoms with Gasteiger partial charge in [0, 0.05) is 16.9 Å². The number of aliphatic hydroxyl groups excluding tert-OH is 1. The van der Waals surface area contributed by atoms with E-state index in [9.17, 15) is 23.1 Å². The maximum absolute atomic E-state index is 12.6. The molecule has 0 amide bonds. The summed E-state index contributed by atoms with van der Waals surface area (Å²) in [5.41, 5.74) is -2.09. The Morgan fingerprint density at radius 3 is 1.70 bits per heavy atom. The predicted molar refractivity (Wildman–Crippen MR) is 73.5 cm³/mol. The maximum Gasteiger partial charge on any atom is 0.390 e. The van der Waals surface area contributed by atoms with Gasteiger partial charge in [-0.1, -0.05) is 34.6 Å². The van der Waals surface area contributed by atoms with Crippen molar-refractivity contribution in [2.75, 3.05) is 0 Å². The third-order valence-electron chi connectivity index (χ3n) is 4.41. The largest absolute Gasteiger partial charge is 0.512 e. The highest BCUT2D eigenvalue weighted by molar-refractivity contribution is 5.95. The average molecular weight is 294 g/mol. The quantitative estimate of drug-likeness (QED) is 0.518. The fourth-order valence-electron chi connectivity index (χ4n) is 1.91. The van der Waals surface area contributed by atoms with Gasteiger partial charge in [0.1, 0.15) is 5.76 Å². The standard InChI is InChI=1S/C15H25F3O2/c1-6-13(4,7-2)11(19)9-12(20)14(5,8-3)10-15(16,17)18/h9,19H,6-8,10H2,1-5H3/b11-9-. The minimum Gasteiger partial charge on any atom is -0.512 e. The van der Waals surface area contributed by atoms with Gasteiger partial charge in [-0.2, -0.15) is 13.2 Å². The van der Waals surface area contributed by atoms with Gasteiger partial charge in [0.25, 0.3) is 0 Å². The summed E-state index contributed by atoms with van der Waals surface area (Å²) in [7, 11) is 0. The van der Waals surface area contributed by atoms with E-state index in [-0.39, 0.29) is 12.2 Å². The summed E-state index contributed by atoms with van der Waals surface area (Å²) in [5, 5.41) is 10.1. The van der Waals surface area contributed by atoms with Crippen LogP contribution in [-0.4, -0.2) is 17.1 Å².